The molecule has 104 valence electrons. The van der Waals surface area contributed by atoms with E-state index in [1.54, 1.807) is 0 Å². The van der Waals surface area contributed by atoms with E-state index < -0.39 is 0 Å². The maximum Gasteiger partial charge on any atom is 0.127 e. The van der Waals surface area contributed by atoms with Crippen molar-refractivity contribution < 1.29 is 9.47 Å². The van der Waals surface area contributed by atoms with Gasteiger partial charge in [-0.15, -0.1) is 0 Å². The standard InChI is InChI=1S/C15H20ClNO2/c1-9-12(4-6-18-9)14(17-2)13-8-11(16)7-10-3-5-19-15(10)13/h7-9,12,14,17H,3-6H2,1-2H3. The summed E-state index contributed by atoms with van der Waals surface area (Å²) in [5, 5.41) is 4.23. The van der Waals surface area contributed by atoms with E-state index in [4.69, 9.17) is 21.1 Å². The van der Waals surface area contributed by atoms with E-state index in [2.05, 4.69) is 12.2 Å². The molecule has 4 heteroatoms. The van der Waals surface area contributed by atoms with Crippen LogP contribution in [-0.2, 0) is 11.2 Å². The zero-order chi connectivity index (χ0) is 13.4. The SMILES string of the molecule is CNC(c1cc(Cl)cc2c1OCC2)C1CCOC1C. The summed E-state index contributed by atoms with van der Waals surface area (Å²) < 4.78 is 11.5. The van der Waals surface area contributed by atoms with Crippen molar-refractivity contribution in [3.8, 4) is 5.75 Å². The highest BCUT2D eigenvalue weighted by Gasteiger charge is 2.34. The van der Waals surface area contributed by atoms with E-state index in [1.165, 1.54) is 11.1 Å². The van der Waals surface area contributed by atoms with E-state index in [0.717, 1.165) is 36.8 Å². The minimum Gasteiger partial charge on any atom is -0.493 e. The molecule has 0 spiro atoms. The second-order valence-electron chi connectivity index (χ2n) is 5.38. The van der Waals surface area contributed by atoms with Gasteiger partial charge in [-0.25, -0.2) is 0 Å². The van der Waals surface area contributed by atoms with Gasteiger partial charge < -0.3 is 14.8 Å². The molecule has 1 aromatic carbocycles. The minimum atomic E-state index is 0.239. The van der Waals surface area contributed by atoms with Gasteiger partial charge in [0.2, 0.25) is 0 Å². The van der Waals surface area contributed by atoms with Gasteiger partial charge >= 0.3 is 0 Å². The molecule has 19 heavy (non-hydrogen) atoms. The van der Waals surface area contributed by atoms with E-state index >= 15 is 0 Å². The van der Waals surface area contributed by atoms with Crippen molar-refractivity contribution in [2.45, 2.75) is 31.9 Å². The number of hydrogen-bond acceptors (Lipinski definition) is 3. The Balaban J connectivity index is 1.99. The molecule has 1 aromatic rings. The van der Waals surface area contributed by atoms with Crippen LogP contribution in [0.5, 0.6) is 5.75 Å². The lowest BCUT2D eigenvalue weighted by atomic mass is 9.87. The normalized spacial score (nSPS) is 27.1. The molecular formula is C15H20ClNO2. The topological polar surface area (TPSA) is 30.5 Å². The van der Waals surface area contributed by atoms with Crippen molar-refractivity contribution in [1.29, 1.82) is 0 Å². The van der Waals surface area contributed by atoms with Crippen molar-refractivity contribution >= 4 is 11.6 Å². The number of hydrogen-bond donors (Lipinski definition) is 1. The average molecular weight is 282 g/mol. The number of nitrogens with one attached hydrogen (secondary N) is 1. The molecule has 2 aliphatic heterocycles. The van der Waals surface area contributed by atoms with Crippen LogP contribution >= 0.6 is 11.6 Å². The second-order valence-corrected chi connectivity index (χ2v) is 5.81. The summed E-state index contributed by atoms with van der Waals surface area (Å²) in [4.78, 5) is 0. The Morgan fingerprint density at radius 2 is 2.21 bits per heavy atom. The third-order valence-electron chi connectivity index (χ3n) is 4.29. The molecule has 0 saturated carbocycles. The predicted octanol–water partition coefficient (Wildman–Crippen LogP) is 2.96. The number of rotatable bonds is 3. The molecule has 2 heterocycles. The Kier molecular flexibility index (Phi) is 3.70. The average Bonchev–Trinajstić information content (AvgIpc) is 2.99. The fraction of sp³-hybridized carbons (Fsp3) is 0.600. The van der Waals surface area contributed by atoms with Crippen LogP contribution in [0.4, 0.5) is 0 Å². The van der Waals surface area contributed by atoms with Crippen LogP contribution in [-0.4, -0.2) is 26.4 Å². The van der Waals surface area contributed by atoms with Gasteiger partial charge in [-0.3, -0.25) is 0 Å². The summed E-state index contributed by atoms with van der Waals surface area (Å²) in [7, 11) is 2.00. The predicted molar refractivity (Wildman–Crippen MR) is 76.0 cm³/mol. The highest BCUT2D eigenvalue weighted by Crippen LogP contribution is 2.41. The van der Waals surface area contributed by atoms with Crippen molar-refractivity contribution in [3.63, 3.8) is 0 Å². The molecule has 0 aliphatic carbocycles. The molecule has 0 aromatic heterocycles. The van der Waals surface area contributed by atoms with Gasteiger partial charge in [0.15, 0.2) is 0 Å². The minimum absolute atomic E-state index is 0.239. The zero-order valence-corrected chi connectivity index (χ0v) is 12.2. The number of halogens is 1. The first kappa shape index (κ1) is 13.2. The molecule has 0 bridgehead atoms. The molecule has 2 aliphatic rings. The summed E-state index contributed by atoms with van der Waals surface area (Å²) in [6.45, 7) is 3.75. The van der Waals surface area contributed by atoms with E-state index in [0.29, 0.717) is 5.92 Å². The van der Waals surface area contributed by atoms with Gasteiger partial charge in [-0.05, 0) is 38.1 Å². The van der Waals surface area contributed by atoms with E-state index in [-0.39, 0.29) is 12.1 Å². The molecule has 3 nitrogen and oxygen atoms in total. The number of benzene rings is 1. The van der Waals surface area contributed by atoms with Crippen molar-refractivity contribution in [1.82, 2.24) is 5.32 Å². The van der Waals surface area contributed by atoms with Crippen LogP contribution in [0, 0.1) is 5.92 Å². The van der Waals surface area contributed by atoms with Gasteiger partial charge in [0.25, 0.3) is 0 Å². The largest absolute Gasteiger partial charge is 0.493 e. The van der Waals surface area contributed by atoms with Crippen LogP contribution in [0.1, 0.15) is 30.5 Å². The van der Waals surface area contributed by atoms with Gasteiger partial charge in [0.1, 0.15) is 5.75 Å². The Hall–Kier alpha value is -0.770. The Labute approximate surface area is 119 Å². The highest BCUT2D eigenvalue weighted by atomic mass is 35.5. The van der Waals surface area contributed by atoms with Gasteiger partial charge in [0, 0.05) is 35.6 Å². The Morgan fingerprint density at radius 3 is 2.89 bits per heavy atom. The Bertz CT molecular complexity index is 477. The fourth-order valence-electron chi connectivity index (χ4n) is 3.32. The Morgan fingerprint density at radius 1 is 1.37 bits per heavy atom. The van der Waals surface area contributed by atoms with Crippen molar-refractivity contribution in [2.75, 3.05) is 20.3 Å². The molecular weight excluding hydrogens is 262 g/mol. The smallest absolute Gasteiger partial charge is 0.127 e. The fourth-order valence-corrected chi connectivity index (χ4v) is 3.56. The summed E-state index contributed by atoms with van der Waals surface area (Å²) >= 11 is 6.26. The molecule has 1 saturated heterocycles. The first-order chi connectivity index (χ1) is 9.20. The third kappa shape index (κ3) is 2.35. The maximum atomic E-state index is 6.26. The van der Waals surface area contributed by atoms with Gasteiger partial charge in [-0.1, -0.05) is 11.6 Å². The molecule has 0 radical (unpaired) electrons. The van der Waals surface area contributed by atoms with Crippen molar-refractivity contribution in [3.05, 3.63) is 28.3 Å². The third-order valence-corrected chi connectivity index (χ3v) is 4.50. The quantitative estimate of drug-likeness (QED) is 0.924. The number of ether oxygens (including phenoxy) is 2. The van der Waals surface area contributed by atoms with E-state index in [1.807, 2.05) is 19.2 Å². The van der Waals surface area contributed by atoms with Crippen LogP contribution in [0.25, 0.3) is 0 Å². The summed E-state index contributed by atoms with van der Waals surface area (Å²) in [6, 6.07) is 4.30. The van der Waals surface area contributed by atoms with E-state index in [9.17, 15) is 0 Å². The summed E-state index contributed by atoms with van der Waals surface area (Å²) in [5.41, 5.74) is 2.42. The maximum absolute atomic E-state index is 6.26. The first-order valence-corrected chi connectivity index (χ1v) is 7.32. The lowest BCUT2D eigenvalue weighted by molar-refractivity contribution is 0.0960. The zero-order valence-electron chi connectivity index (χ0n) is 11.4. The summed E-state index contributed by atoms with van der Waals surface area (Å²) in [5.74, 6) is 1.50. The molecule has 3 atom stereocenters. The van der Waals surface area contributed by atoms with Crippen LogP contribution < -0.4 is 10.1 Å². The highest BCUT2D eigenvalue weighted by molar-refractivity contribution is 6.30. The monoisotopic (exact) mass is 281 g/mol. The molecule has 3 unspecified atom stereocenters. The van der Waals surface area contributed by atoms with Crippen LogP contribution in [0.3, 0.4) is 0 Å². The molecule has 1 fully saturated rings. The van der Waals surface area contributed by atoms with Gasteiger partial charge in [-0.2, -0.15) is 0 Å². The molecule has 0 amide bonds. The summed E-state index contributed by atoms with van der Waals surface area (Å²) in [6.07, 6.45) is 2.30. The lowest BCUT2D eigenvalue weighted by Crippen LogP contribution is -2.29. The van der Waals surface area contributed by atoms with Crippen molar-refractivity contribution in [2.24, 2.45) is 5.92 Å². The molecule has 1 N–H and O–H groups in total. The van der Waals surface area contributed by atoms with Gasteiger partial charge in [0.05, 0.1) is 12.7 Å². The van der Waals surface area contributed by atoms with Crippen LogP contribution in [0.2, 0.25) is 5.02 Å². The molecule has 3 rings (SSSR count). The lowest BCUT2D eigenvalue weighted by Gasteiger charge is -2.27. The first-order valence-electron chi connectivity index (χ1n) is 6.94. The second kappa shape index (κ2) is 5.31. The number of fused-ring (bicyclic) bond motifs is 1. The van der Waals surface area contributed by atoms with Crippen LogP contribution in [0.15, 0.2) is 12.1 Å².